The number of amides is 1. The fourth-order valence-electron chi connectivity index (χ4n) is 3.28. The van der Waals surface area contributed by atoms with Crippen LogP contribution in [0.5, 0.6) is 0 Å². The number of rotatable bonds is 6. The first kappa shape index (κ1) is 20.3. The molecule has 2 aromatic rings. The summed E-state index contributed by atoms with van der Waals surface area (Å²) in [6, 6.07) is 12.7. The van der Waals surface area contributed by atoms with Crippen molar-refractivity contribution < 1.29 is 13.9 Å². The third-order valence-corrected chi connectivity index (χ3v) is 5.24. The molecule has 1 saturated heterocycles. The molecule has 6 heteroatoms. The lowest BCUT2D eigenvalue weighted by Gasteiger charge is -2.32. The number of hydrogen-bond acceptors (Lipinski definition) is 4. The van der Waals surface area contributed by atoms with Crippen molar-refractivity contribution in [1.82, 2.24) is 4.90 Å². The zero-order valence-electron chi connectivity index (χ0n) is 16.7. The number of nitrogens with zero attached hydrogens (tertiary/aromatic N) is 2. The fourth-order valence-corrected chi connectivity index (χ4v) is 3.28. The van der Waals surface area contributed by atoms with Crippen molar-refractivity contribution in [3.8, 4) is 0 Å². The molecule has 5 nitrogen and oxygen atoms in total. The van der Waals surface area contributed by atoms with E-state index in [4.69, 9.17) is 4.74 Å². The summed E-state index contributed by atoms with van der Waals surface area (Å²) in [5.74, 6) is -0.479. The molecule has 150 valence electrons. The van der Waals surface area contributed by atoms with Gasteiger partial charge in [0, 0.05) is 31.0 Å². The van der Waals surface area contributed by atoms with Gasteiger partial charge in [-0.2, -0.15) is 0 Å². The van der Waals surface area contributed by atoms with E-state index in [0.717, 1.165) is 26.3 Å². The van der Waals surface area contributed by atoms with E-state index in [1.165, 1.54) is 17.3 Å². The molecule has 0 saturated carbocycles. The van der Waals surface area contributed by atoms with Crippen LogP contribution in [0.15, 0.2) is 42.5 Å². The van der Waals surface area contributed by atoms with Crippen molar-refractivity contribution in [3.05, 3.63) is 59.4 Å². The summed E-state index contributed by atoms with van der Waals surface area (Å²) in [7, 11) is 1.93. The molecule has 2 aromatic carbocycles. The Morgan fingerprint density at radius 3 is 2.68 bits per heavy atom. The Bertz CT molecular complexity index is 821. The van der Waals surface area contributed by atoms with E-state index >= 15 is 0 Å². The van der Waals surface area contributed by atoms with E-state index in [2.05, 4.69) is 22.3 Å². The number of benzene rings is 2. The lowest BCUT2D eigenvalue weighted by molar-refractivity contribution is -0.120. The van der Waals surface area contributed by atoms with E-state index < -0.39 is 0 Å². The molecule has 3 rings (SSSR count). The fraction of sp³-hybridized carbons (Fsp3) is 0.409. The van der Waals surface area contributed by atoms with Gasteiger partial charge in [-0.15, -0.1) is 0 Å². The van der Waals surface area contributed by atoms with Crippen LogP contribution in [0, 0.1) is 12.7 Å². The molecule has 0 unspecified atom stereocenters. The van der Waals surface area contributed by atoms with Gasteiger partial charge in [0.1, 0.15) is 5.82 Å². The van der Waals surface area contributed by atoms with Crippen LogP contribution in [0.1, 0.15) is 18.1 Å². The number of morpholine rings is 1. The zero-order valence-corrected chi connectivity index (χ0v) is 16.7. The van der Waals surface area contributed by atoms with Gasteiger partial charge in [0.15, 0.2) is 0 Å². The highest BCUT2D eigenvalue weighted by Gasteiger charge is 2.21. The van der Waals surface area contributed by atoms with Gasteiger partial charge in [0.2, 0.25) is 5.91 Å². The van der Waals surface area contributed by atoms with Gasteiger partial charge >= 0.3 is 0 Å². The van der Waals surface area contributed by atoms with Crippen molar-refractivity contribution in [2.45, 2.75) is 26.4 Å². The number of aryl methyl sites for hydroxylation is 1. The van der Waals surface area contributed by atoms with E-state index in [0.29, 0.717) is 17.8 Å². The lowest BCUT2D eigenvalue weighted by Crippen LogP contribution is -2.40. The van der Waals surface area contributed by atoms with Crippen molar-refractivity contribution >= 4 is 17.3 Å². The second-order valence-electron chi connectivity index (χ2n) is 7.27. The normalized spacial score (nSPS) is 15.5. The second-order valence-corrected chi connectivity index (χ2v) is 7.27. The van der Waals surface area contributed by atoms with Gasteiger partial charge in [-0.3, -0.25) is 9.69 Å². The standard InChI is InChI=1S/C22H28FN3O2/c1-16-8-9-19(14-20(16)23)24-22(27)17(2)25(3)15-18-6-4-5-7-21(18)26-10-12-28-13-11-26/h4-9,14,17H,10-13,15H2,1-3H3,(H,24,27)/t17-/m1/s1. The Kier molecular flexibility index (Phi) is 6.65. The number of hydrogen-bond donors (Lipinski definition) is 1. The van der Waals surface area contributed by atoms with Gasteiger partial charge in [-0.25, -0.2) is 4.39 Å². The highest BCUT2D eigenvalue weighted by molar-refractivity contribution is 5.94. The largest absolute Gasteiger partial charge is 0.378 e. The maximum absolute atomic E-state index is 13.7. The molecule has 1 N–H and O–H groups in total. The average molecular weight is 385 g/mol. The molecule has 1 fully saturated rings. The number of anilines is 2. The first-order chi connectivity index (χ1) is 13.5. The third kappa shape index (κ3) is 4.88. The monoisotopic (exact) mass is 385 g/mol. The first-order valence-electron chi connectivity index (χ1n) is 9.63. The first-order valence-corrected chi connectivity index (χ1v) is 9.63. The van der Waals surface area contributed by atoms with Crippen molar-refractivity contribution in [2.24, 2.45) is 0 Å². The Labute approximate surface area is 166 Å². The van der Waals surface area contributed by atoms with Crippen molar-refractivity contribution in [2.75, 3.05) is 43.6 Å². The van der Waals surface area contributed by atoms with Crippen LogP contribution < -0.4 is 10.2 Å². The number of halogens is 1. The number of carbonyl (C=O) groups is 1. The molecular formula is C22H28FN3O2. The molecule has 0 aromatic heterocycles. The molecule has 1 aliphatic heterocycles. The van der Waals surface area contributed by atoms with Crippen molar-refractivity contribution in [1.29, 1.82) is 0 Å². The highest BCUT2D eigenvalue weighted by atomic mass is 19.1. The zero-order chi connectivity index (χ0) is 20.1. The Morgan fingerprint density at radius 1 is 1.25 bits per heavy atom. The molecule has 0 spiro atoms. The predicted octanol–water partition coefficient (Wildman–Crippen LogP) is 3.43. The van der Waals surface area contributed by atoms with Crippen LogP contribution in [0.25, 0.3) is 0 Å². The number of ether oxygens (including phenoxy) is 1. The summed E-state index contributed by atoms with van der Waals surface area (Å²) < 4.78 is 19.2. The molecule has 0 bridgehead atoms. The molecule has 1 atom stereocenters. The molecule has 28 heavy (non-hydrogen) atoms. The summed E-state index contributed by atoms with van der Waals surface area (Å²) in [4.78, 5) is 16.9. The van der Waals surface area contributed by atoms with Crippen LogP contribution in [0.3, 0.4) is 0 Å². The minimum atomic E-state index is -0.359. The minimum Gasteiger partial charge on any atom is -0.378 e. The lowest BCUT2D eigenvalue weighted by atomic mass is 10.1. The number of nitrogens with one attached hydrogen (secondary N) is 1. The maximum atomic E-state index is 13.7. The molecule has 0 aliphatic carbocycles. The maximum Gasteiger partial charge on any atom is 0.241 e. The third-order valence-electron chi connectivity index (χ3n) is 5.24. The molecule has 1 aliphatic rings. The van der Waals surface area contributed by atoms with Gasteiger partial charge in [0.25, 0.3) is 0 Å². The number of likely N-dealkylation sites (N-methyl/N-ethyl adjacent to an activating group) is 1. The Balaban J connectivity index is 1.66. The Hall–Kier alpha value is -2.44. The van der Waals surface area contributed by atoms with E-state index in [1.807, 2.05) is 31.0 Å². The Morgan fingerprint density at radius 2 is 1.96 bits per heavy atom. The molecule has 1 amide bonds. The van der Waals surface area contributed by atoms with Gasteiger partial charge < -0.3 is 15.0 Å². The van der Waals surface area contributed by atoms with Crippen LogP contribution in [0.2, 0.25) is 0 Å². The smallest absolute Gasteiger partial charge is 0.241 e. The van der Waals surface area contributed by atoms with E-state index in [1.54, 1.807) is 19.1 Å². The van der Waals surface area contributed by atoms with Crippen LogP contribution in [-0.2, 0) is 16.1 Å². The number of para-hydroxylation sites is 1. The summed E-state index contributed by atoms with van der Waals surface area (Å²) in [6.45, 7) is 7.41. The van der Waals surface area contributed by atoms with Gasteiger partial charge in [-0.05, 0) is 50.2 Å². The molecular weight excluding hydrogens is 357 g/mol. The molecule has 1 heterocycles. The average Bonchev–Trinajstić information content (AvgIpc) is 2.71. The second kappa shape index (κ2) is 9.17. The van der Waals surface area contributed by atoms with E-state index in [-0.39, 0.29) is 17.8 Å². The number of carbonyl (C=O) groups excluding carboxylic acids is 1. The van der Waals surface area contributed by atoms with E-state index in [9.17, 15) is 9.18 Å². The van der Waals surface area contributed by atoms with Crippen LogP contribution >= 0.6 is 0 Å². The summed E-state index contributed by atoms with van der Waals surface area (Å²) >= 11 is 0. The summed E-state index contributed by atoms with van der Waals surface area (Å²) in [6.07, 6.45) is 0. The van der Waals surface area contributed by atoms with Gasteiger partial charge in [0.05, 0.1) is 19.3 Å². The highest BCUT2D eigenvalue weighted by Crippen LogP contribution is 2.23. The van der Waals surface area contributed by atoms with Crippen LogP contribution in [-0.4, -0.2) is 50.2 Å². The topological polar surface area (TPSA) is 44.8 Å². The van der Waals surface area contributed by atoms with Gasteiger partial charge in [-0.1, -0.05) is 24.3 Å². The summed E-state index contributed by atoms with van der Waals surface area (Å²) in [5, 5.41) is 2.81. The van der Waals surface area contributed by atoms with Crippen molar-refractivity contribution in [3.63, 3.8) is 0 Å². The quantitative estimate of drug-likeness (QED) is 0.828. The molecule has 0 radical (unpaired) electrons. The predicted molar refractivity (Wildman–Crippen MR) is 110 cm³/mol. The summed E-state index contributed by atoms with van der Waals surface area (Å²) in [5.41, 5.74) is 3.39. The minimum absolute atomic E-state index is 0.158. The van der Waals surface area contributed by atoms with Crippen LogP contribution in [0.4, 0.5) is 15.8 Å². The SMILES string of the molecule is Cc1ccc(NC(=O)[C@@H](C)N(C)Cc2ccccc2N2CCOCC2)cc1F.